The number of carboxylic acids is 1. The number of rotatable bonds is 4. The van der Waals surface area contributed by atoms with Gasteiger partial charge < -0.3 is 24.2 Å². The Labute approximate surface area is 218 Å². The molecule has 3 aromatic rings. The SMILES string of the molecule is O=C(O)[C@@H]1c2ccccc2C(=O)N(c2ccc(N3CCOCC3)c(Cl)c2)[C@H]1c1ccc2c(c1)OCCO2. The average Bonchev–Trinajstić information content (AvgIpc) is 2.93. The topological polar surface area (TPSA) is 88.5 Å². The number of carboxylic acid groups (broad SMARTS) is 1. The van der Waals surface area contributed by atoms with E-state index in [1.807, 2.05) is 12.1 Å². The Kier molecular flexibility index (Phi) is 6.14. The van der Waals surface area contributed by atoms with Crippen LogP contribution in [0.1, 0.15) is 33.4 Å². The van der Waals surface area contributed by atoms with Gasteiger partial charge in [0.05, 0.1) is 30.0 Å². The van der Waals surface area contributed by atoms with Gasteiger partial charge in [0.15, 0.2) is 11.5 Å². The molecule has 190 valence electrons. The summed E-state index contributed by atoms with van der Waals surface area (Å²) < 4.78 is 16.9. The standard InChI is InChI=1S/C28H25ClN2O6/c29-21-16-18(6-7-22(21)30-9-11-35-12-10-30)31-26(17-5-8-23-24(15-17)37-14-13-36-23)25(28(33)34)19-3-1-2-4-20(19)27(31)32/h1-8,15-16,25-26H,9-14H2,(H,33,34)/t25-,26+/m1/s1. The highest BCUT2D eigenvalue weighted by Gasteiger charge is 2.45. The first-order valence-electron chi connectivity index (χ1n) is 12.2. The second-order valence-electron chi connectivity index (χ2n) is 9.16. The Hall–Kier alpha value is -3.75. The highest BCUT2D eigenvalue weighted by atomic mass is 35.5. The van der Waals surface area contributed by atoms with E-state index in [-0.39, 0.29) is 5.91 Å². The predicted molar refractivity (Wildman–Crippen MR) is 138 cm³/mol. The van der Waals surface area contributed by atoms with E-state index in [0.717, 1.165) is 18.8 Å². The molecule has 37 heavy (non-hydrogen) atoms. The van der Waals surface area contributed by atoms with Gasteiger partial charge in [-0.2, -0.15) is 0 Å². The zero-order chi connectivity index (χ0) is 25.5. The van der Waals surface area contributed by atoms with E-state index in [1.165, 1.54) is 0 Å². The van der Waals surface area contributed by atoms with Crippen LogP contribution in [0.2, 0.25) is 5.02 Å². The van der Waals surface area contributed by atoms with Crippen LogP contribution in [0.15, 0.2) is 60.7 Å². The van der Waals surface area contributed by atoms with E-state index >= 15 is 0 Å². The number of amides is 1. The van der Waals surface area contributed by atoms with Crippen LogP contribution in [-0.2, 0) is 9.53 Å². The molecule has 2 atom stereocenters. The number of nitrogens with zero attached hydrogens (tertiary/aromatic N) is 2. The van der Waals surface area contributed by atoms with E-state index in [9.17, 15) is 14.7 Å². The maximum absolute atomic E-state index is 14.0. The maximum atomic E-state index is 14.0. The van der Waals surface area contributed by atoms with Crippen LogP contribution in [0.25, 0.3) is 0 Å². The third-order valence-corrected chi connectivity index (χ3v) is 7.38. The van der Waals surface area contributed by atoms with Crippen molar-refractivity contribution in [2.24, 2.45) is 0 Å². The molecule has 0 saturated carbocycles. The summed E-state index contributed by atoms with van der Waals surface area (Å²) in [6.45, 7) is 3.51. The zero-order valence-electron chi connectivity index (χ0n) is 19.9. The van der Waals surface area contributed by atoms with E-state index in [2.05, 4.69) is 4.90 Å². The molecule has 0 radical (unpaired) electrons. The first-order chi connectivity index (χ1) is 18.0. The Morgan fingerprint density at radius 3 is 2.43 bits per heavy atom. The molecule has 3 aliphatic rings. The molecule has 0 unspecified atom stereocenters. The molecule has 0 aliphatic carbocycles. The predicted octanol–water partition coefficient (Wildman–Crippen LogP) is 4.52. The molecular weight excluding hydrogens is 496 g/mol. The van der Waals surface area contributed by atoms with Gasteiger partial charge in [-0.05, 0) is 47.5 Å². The molecule has 0 aromatic heterocycles. The monoisotopic (exact) mass is 520 g/mol. The minimum atomic E-state index is -1.03. The van der Waals surface area contributed by atoms with Crippen molar-refractivity contribution < 1.29 is 28.9 Å². The van der Waals surface area contributed by atoms with Crippen molar-refractivity contribution in [2.45, 2.75) is 12.0 Å². The summed E-state index contributed by atoms with van der Waals surface area (Å²) in [6.07, 6.45) is 0. The third-order valence-electron chi connectivity index (χ3n) is 7.07. The molecule has 1 saturated heterocycles. The Morgan fingerprint density at radius 2 is 1.68 bits per heavy atom. The van der Waals surface area contributed by atoms with Crippen LogP contribution in [0, 0.1) is 0 Å². The van der Waals surface area contributed by atoms with Crippen molar-refractivity contribution in [2.75, 3.05) is 49.3 Å². The largest absolute Gasteiger partial charge is 0.486 e. The van der Waals surface area contributed by atoms with Gasteiger partial charge in [0.2, 0.25) is 0 Å². The normalized spacial score (nSPS) is 20.9. The summed E-state index contributed by atoms with van der Waals surface area (Å²) in [4.78, 5) is 30.4. The Bertz CT molecular complexity index is 1370. The molecule has 1 amide bonds. The summed E-state index contributed by atoms with van der Waals surface area (Å²) in [5.74, 6) is -1.20. The second kappa shape index (κ2) is 9.61. The van der Waals surface area contributed by atoms with Crippen LogP contribution >= 0.6 is 11.6 Å². The van der Waals surface area contributed by atoms with Crippen molar-refractivity contribution in [1.82, 2.24) is 0 Å². The zero-order valence-corrected chi connectivity index (χ0v) is 20.7. The Balaban J connectivity index is 1.50. The number of ether oxygens (including phenoxy) is 3. The van der Waals surface area contributed by atoms with Crippen molar-refractivity contribution in [3.63, 3.8) is 0 Å². The van der Waals surface area contributed by atoms with Crippen molar-refractivity contribution in [1.29, 1.82) is 0 Å². The summed E-state index contributed by atoms with van der Waals surface area (Å²) >= 11 is 6.74. The van der Waals surface area contributed by atoms with Gasteiger partial charge in [0, 0.05) is 24.3 Å². The van der Waals surface area contributed by atoms with Crippen LogP contribution in [-0.4, -0.2) is 56.5 Å². The number of benzene rings is 3. The molecule has 1 fully saturated rings. The number of fused-ring (bicyclic) bond motifs is 2. The van der Waals surface area contributed by atoms with E-state index in [0.29, 0.717) is 65.3 Å². The molecule has 3 aliphatic heterocycles. The smallest absolute Gasteiger partial charge is 0.313 e. The number of hydrogen-bond donors (Lipinski definition) is 1. The van der Waals surface area contributed by atoms with Crippen LogP contribution in [0.5, 0.6) is 11.5 Å². The fourth-order valence-electron chi connectivity index (χ4n) is 5.38. The number of hydrogen-bond acceptors (Lipinski definition) is 6. The van der Waals surface area contributed by atoms with Gasteiger partial charge in [-0.1, -0.05) is 35.9 Å². The van der Waals surface area contributed by atoms with Crippen LogP contribution in [0.3, 0.4) is 0 Å². The highest BCUT2D eigenvalue weighted by molar-refractivity contribution is 6.33. The van der Waals surface area contributed by atoms with Crippen LogP contribution in [0.4, 0.5) is 11.4 Å². The molecule has 6 rings (SSSR count). The molecule has 0 bridgehead atoms. The van der Waals surface area contributed by atoms with Crippen molar-refractivity contribution in [3.05, 3.63) is 82.4 Å². The highest BCUT2D eigenvalue weighted by Crippen LogP contribution is 2.47. The fourth-order valence-corrected chi connectivity index (χ4v) is 5.67. The van der Waals surface area contributed by atoms with Crippen molar-refractivity contribution >= 4 is 34.9 Å². The number of morpholine rings is 1. The molecule has 1 N–H and O–H groups in total. The summed E-state index contributed by atoms with van der Waals surface area (Å²) in [6, 6.07) is 16.8. The molecule has 0 spiro atoms. The first kappa shape index (κ1) is 23.6. The van der Waals surface area contributed by atoms with Gasteiger partial charge in [0.1, 0.15) is 19.1 Å². The summed E-state index contributed by atoms with van der Waals surface area (Å²) in [5, 5.41) is 10.9. The van der Waals surface area contributed by atoms with E-state index in [1.54, 1.807) is 53.4 Å². The van der Waals surface area contributed by atoms with Gasteiger partial charge in [-0.15, -0.1) is 0 Å². The van der Waals surface area contributed by atoms with Gasteiger partial charge in [0.25, 0.3) is 5.91 Å². The lowest BCUT2D eigenvalue weighted by Crippen LogP contribution is -2.45. The molecule has 8 nitrogen and oxygen atoms in total. The number of aliphatic carboxylic acids is 1. The van der Waals surface area contributed by atoms with Gasteiger partial charge in [-0.3, -0.25) is 14.5 Å². The minimum Gasteiger partial charge on any atom is -0.486 e. The molecule has 9 heteroatoms. The number of carbonyl (C=O) groups excluding carboxylic acids is 1. The molecule has 3 heterocycles. The summed E-state index contributed by atoms with van der Waals surface area (Å²) in [7, 11) is 0. The lowest BCUT2D eigenvalue weighted by atomic mass is 9.79. The summed E-state index contributed by atoms with van der Waals surface area (Å²) in [5.41, 5.74) is 2.84. The lowest BCUT2D eigenvalue weighted by molar-refractivity contribution is -0.139. The quantitative estimate of drug-likeness (QED) is 0.541. The van der Waals surface area contributed by atoms with Gasteiger partial charge >= 0.3 is 5.97 Å². The minimum absolute atomic E-state index is 0.289. The number of halogens is 1. The van der Waals surface area contributed by atoms with Crippen molar-refractivity contribution in [3.8, 4) is 11.5 Å². The second-order valence-corrected chi connectivity index (χ2v) is 9.57. The fraction of sp³-hybridized carbons (Fsp3) is 0.286. The Morgan fingerprint density at radius 1 is 0.919 bits per heavy atom. The first-order valence-corrected chi connectivity index (χ1v) is 12.6. The number of anilines is 2. The third kappa shape index (κ3) is 4.16. The average molecular weight is 521 g/mol. The van der Waals surface area contributed by atoms with E-state index < -0.39 is 17.9 Å². The van der Waals surface area contributed by atoms with Crippen LogP contribution < -0.4 is 19.3 Å². The lowest BCUT2D eigenvalue weighted by Gasteiger charge is -2.41. The van der Waals surface area contributed by atoms with Gasteiger partial charge in [-0.25, -0.2) is 0 Å². The molecule has 3 aromatic carbocycles. The number of carbonyl (C=O) groups is 2. The maximum Gasteiger partial charge on any atom is 0.313 e. The molecular formula is C28H25ClN2O6. The van der Waals surface area contributed by atoms with E-state index in [4.69, 9.17) is 25.8 Å².